The minimum atomic E-state index is -0.931. The highest BCUT2D eigenvalue weighted by molar-refractivity contribution is 5.76. The number of hydrogen-bond donors (Lipinski definition) is 2. The Hall–Kier alpha value is -2.21. The maximum Gasteiger partial charge on any atom is 0.312 e. The molecule has 18 heavy (non-hydrogen) atoms. The molecule has 0 saturated heterocycles. The molecule has 0 amide bonds. The third-order valence-corrected chi connectivity index (χ3v) is 2.64. The van der Waals surface area contributed by atoms with E-state index in [1.807, 2.05) is 13.0 Å². The van der Waals surface area contributed by atoms with E-state index in [1.165, 1.54) is 4.80 Å². The first-order chi connectivity index (χ1) is 8.61. The monoisotopic (exact) mass is 246 g/mol. The van der Waals surface area contributed by atoms with Gasteiger partial charge in [0.1, 0.15) is 0 Å². The average molecular weight is 246 g/mol. The smallest absolute Gasteiger partial charge is 0.312 e. The second-order valence-corrected chi connectivity index (χ2v) is 4.00. The molecular formula is C12H14N4O2. The fourth-order valence-electron chi connectivity index (χ4n) is 1.71. The van der Waals surface area contributed by atoms with Crippen LogP contribution < -0.4 is 5.73 Å². The van der Waals surface area contributed by atoms with Gasteiger partial charge in [-0.25, -0.2) is 0 Å². The molecule has 6 nitrogen and oxygen atoms in total. The first-order valence-corrected chi connectivity index (χ1v) is 5.54. The van der Waals surface area contributed by atoms with Gasteiger partial charge in [0.2, 0.25) is 0 Å². The highest BCUT2D eigenvalue weighted by atomic mass is 16.4. The molecule has 2 aromatic rings. The largest absolute Gasteiger partial charge is 0.481 e. The summed E-state index contributed by atoms with van der Waals surface area (Å²) in [6, 6.07) is 7.07. The van der Waals surface area contributed by atoms with Crippen LogP contribution in [-0.4, -0.2) is 32.6 Å². The summed E-state index contributed by atoms with van der Waals surface area (Å²) in [6.07, 6.45) is 1.64. The normalized spacial score (nSPS) is 12.3. The van der Waals surface area contributed by atoms with Crippen LogP contribution in [0.2, 0.25) is 0 Å². The van der Waals surface area contributed by atoms with E-state index < -0.39 is 11.9 Å². The number of nitrogens with two attached hydrogens (primary N) is 1. The van der Waals surface area contributed by atoms with Gasteiger partial charge in [-0.15, -0.1) is 0 Å². The van der Waals surface area contributed by atoms with Crippen molar-refractivity contribution in [3.63, 3.8) is 0 Å². The van der Waals surface area contributed by atoms with Gasteiger partial charge < -0.3 is 10.8 Å². The fraction of sp³-hybridized carbons (Fsp3) is 0.250. The summed E-state index contributed by atoms with van der Waals surface area (Å²) in [6.45, 7) is 1.90. The van der Waals surface area contributed by atoms with Crippen LogP contribution in [0.4, 0.5) is 0 Å². The SMILES string of the molecule is Cc1cnn(-c2cccc(C(CN)C(=O)O)c2)n1. The predicted molar refractivity (Wildman–Crippen MR) is 65.5 cm³/mol. The van der Waals surface area contributed by atoms with Crippen molar-refractivity contribution in [3.05, 3.63) is 41.7 Å². The first-order valence-electron chi connectivity index (χ1n) is 5.54. The molecule has 0 aliphatic carbocycles. The van der Waals surface area contributed by atoms with Crippen molar-refractivity contribution in [1.29, 1.82) is 0 Å². The third-order valence-electron chi connectivity index (χ3n) is 2.64. The summed E-state index contributed by atoms with van der Waals surface area (Å²) >= 11 is 0. The van der Waals surface area contributed by atoms with E-state index in [1.54, 1.807) is 24.4 Å². The van der Waals surface area contributed by atoms with Gasteiger partial charge in [0.25, 0.3) is 0 Å². The fourth-order valence-corrected chi connectivity index (χ4v) is 1.71. The van der Waals surface area contributed by atoms with Gasteiger partial charge in [-0.05, 0) is 24.6 Å². The van der Waals surface area contributed by atoms with E-state index in [-0.39, 0.29) is 6.54 Å². The lowest BCUT2D eigenvalue weighted by Gasteiger charge is -2.11. The Kier molecular flexibility index (Phi) is 3.38. The lowest BCUT2D eigenvalue weighted by atomic mass is 9.99. The van der Waals surface area contributed by atoms with Crippen LogP contribution in [0.5, 0.6) is 0 Å². The van der Waals surface area contributed by atoms with Crippen molar-refractivity contribution < 1.29 is 9.90 Å². The van der Waals surface area contributed by atoms with Crippen molar-refractivity contribution in [2.75, 3.05) is 6.54 Å². The number of aromatic nitrogens is 3. The van der Waals surface area contributed by atoms with E-state index in [9.17, 15) is 4.79 Å². The van der Waals surface area contributed by atoms with Crippen molar-refractivity contribution in [2.24, 2.45) is 5.73 Å². The summed E-state index contributed by atoms with van der Waals surface area (Å²) in [5, 5.41) is 17.3. The van der Waals surface area contributed by atoms with Crippen molar-refractivity contribution >= 4 is 5.97 Å². The molecule has 1 aromatic heterocycles. The zero-order valence-corrected chi connectivity index (χ0v) is 9.95. The molecule has 0 aliphatic rings. The number of hydrogen-bond acceptors (Lipinski definition) is 4. The van der Waals surface area contributed by atoms with Crippen molar-refractivity contribution in [1.82, 2.24) is 15.0 Å². The maximum absolute atomic E-state index is 11.1. The lowest BCUT2D eigenvalue weighted by molar-refractivity contribution is -0.138. The van der Waals surface area contributed by atoms with Gasteiger partial charge in [0.15, 0.2) is 0 Å². The quantitative estimate of drug-likeness (QED) is 0.828. The Balaban J connectivity index is 2.38. The molecule has 0 aliphatic heterocycles. The average Bonchev–Trinajstić information content (AvgIpc) is 2.77. The predicted octanol–water partition coefficient (Wildman–Crippen LogP) is 0.703. The Bertz CT molecular complexity index is 565. The van der Waals surface area contributed by atoms with Gasteiger partial charge in [-0.2, -0.15) is 15.0 Å². The topological polar surface area (TPSA) is 94.0 Å². The number of rotatable bonds is 4. The molecule has 3 N–H and O–H groups in total. The molecule has 94 valence electrons. The number of aliphatic carboxylic acids is 1. The number of aryl methyl sites for hydroxylation is 1. The molecule has 1 aromatic carbocycles. The Labute approximate surface area is 104 Å². The summed E-state index contributed by atoms with van der Waals surface area (Å²) in [5.41, 5.74) is 7.65. The summed E-state index contributed by atoms with van der Waals surface area (Å²) in [7, 11) is 0. The number of carboxylic acids is 1. The van der Waals surface area contributed by atoms with Gasteiger partial charge in [-0.3, -0.25) is 4.79 Å². The second-order valence-electron chi connectivity index (χ2n) is 4.00. The van der Waals surface area contributed by atoms with E-state index in [0.717, 1.165) is 11.4 Å². The van der Waals surface area contributed by atoms with Crippen LogP contribution in [0.25, 0.3) is 5.69 Å². The maximum atomic E-state index is 11.1. The molecule has 0 spiro atoms. The minimum Gasteiger partial charge on any atom is -0.481 e. The third kappa shape index (κ3) is 2.38. The highest BCUT2D eigenvalue weighted by Gasteiger charge is 2.18. The van der Waals surface area contributed by atoms with Crippen LogP contribution in [0.15, 0.2) is 30.5 Å². The molecule has 0 radical (unpaired) electrons. The van der Waals surface area contributed by atoms with Crippen molar-refractivity contribution in [3.8, 4) is 5.69 Å². The van der Waals surface area contributed by atoms with E-state index in [4.69, 9.17) is 10.8 Å². The number of carbonyl (C=O) groups is 1. The molecule has 0 saturated carbocycles. The molecule has 6 heteroatoms. The van der Waals surface area contributed by atoms with Crippen LogP contribution in [-0.2, 0) is 4.79 Å². The van der Waals surface area contributed by atoms with E-state index in [2.05, 4.69) is 10.2 Å². The van der Waals surface area contributed by atoms with Gasteiger partial charge in [0.05, 0.1) is 23.5 Å². The molecule has 1 unspecified atom stereocenters. The minimum absolute atomic E-state index is 0.0599. The van der Waals surface area contributed by atoms with Gasteiger partial charge >= 0.3 is 5.97 Å². The van der Waals surface area contributed by atoms with Gasteiger partial charge in [0, 0.05) is 6.54 Å². The van der Waals surface area contributed by atoms with Crippen molar-refractivity contribution in [2.45, 2.75) is 12.8 Å². The molecule has 0 fully saturated rings. The molecule has 0 bridgehead atoms. The standard InChI is InChI=1S/C12H14N4O2/c1-8-7-14-16(15-8)10-4-2-3-9(5-10)11(6-13)12(17)18/h2-5,7,11H,6,13H2,1H3,(H,17,18). The van der Waals surface area contributed by atoms with E-state index in [0.29, 0.717) is 5.56 Å². The second kappa shape index (κ2) is 4.97. The van der Waals surface area contributed by atoms with Crippen LogP contribution in [0.3, 0.4) is 0 Å². The molecule has 2 rings (SSSR count). The Morgan fingerprint density at radius 1 is 1.56 bits per heavy atom. The van der Waals surface area contributed by atoms with E-state index >= 15 is 0 Å². The number of benzene rings is 1. The highest BCUT2D eigenvalue weighted by Crippen LogP contribution is 2.18. The lowest BCUT2D eigenvalue weighted by Crippen LogP contribution is -2.21. The summed E-state index contributed by atoms with van der Waals surface area (Å²) in [5.74, 6) is -1.64. The molecular weight excluding hydrogens is 232 g/mol. The number of nitrogens with zero attached hydrogens (tertiary/aromatic N) is 3. The zero-order valence-electron chi connectivity index (χ0n) is 9.95. The van der Waals surface area contributed by atoms with Crippen LogP contribution in [0.1, 0.15) is 17.2 Å². The summed E-state index contributed by atoms with van der Waals surface area (Å²) in [4.78, 5) is 12.5. The molecule has 1 heterocycles. The Morgan fingerprint density at radius 2 is 2.33 bits per heavy atom. The number of carboxylic acid groups (broad SMARTS) is 1. The van der Waals surface area contributed by atoms with Crippen LogP contribution in [0, 0.1) is 6.92 Å². The summed E-state index contributed by atoms with van der Waals surface area (Å²) < 4.78 is 0. The molecule has 1 atom stereocenters. The Morgan fingerprint density at radius 3 is 2.89 bits per heavy atom. The zero-order chi connectivity index (χ0) is 13.1. The van der Waals surface area contributed by atoms with Gasteiger partial charge in [-0.1, -0.05) is 12.1 Å². The van der Waals surface area contributed by atoms with Crippen LogP contribution >= 0.6 is 0 Å². The first kappa shape index (κ1) is 12.3.